The molecule has 124 valence electrons. The van der Waals surface area contributed by atoms with Crippen molar-refractivity contribution < 1.29 is 28.2 Å². The minimum Gasteiger partial charge on any atom is -0.469 e. The molecule has 23 heavy (non-hydrogen) atoms. The van der Waals surface area contributed by atoms with E-state index in [1.807, 2.05) is 30.3 Å². The van der Waals surface area contributed by atoms with E-state index in [9.17, 15) is 14.0 Å². The molecule has 0 unspecified atom stereocenters. The second-order valence-corrected chi connectivity index (χ2v) is 5.26. The Labute approximate surface area is 134 Å². The molecule has 0 saturated heterocycles. The predicted octanol–water partition coefficient (Wildman–Crippen LogP) is 2.41. The summed E-state index contributed by atoms with van der Waals surface area (Å²) in [5.41, 5.74) is 0.880. The normalized spacial score (nSPS) is 23.8. The minimum atomic E-state index is -0.960. The minimum absolute atomic E-state index is 0.191. The molecule has 0 aliphatic heterocycles. The van der Waals surface area contributed by atoms with Crippen molar-refractivity contribution in [3.05, 3.63) is 47.8 Å². The number of benzene rings is 1. The van der Waals surface area contributed by atoms with Gasteiger partial charge in [-0.25, -0.2) is 4.39 Å². The van der Waals surface area contributed by atoms with Gasteiger partial charge in [0.25, 0.3) is 0 Å². The Balaban J connectivity index is 2.20. The standard InChI is InChI=1S/C17H19FO5/c1-21-16(19)13-8-12(18)9-14(15(13)17(20)22-2)23-10-11-6-4-3-5-7-11/h3-7,9,13-15H,8,10H2,1-2H3/t13-,14+,15-/m0/s1. The lowest BCUT2D eigenvalue weighted by atomic mass is 9.80. The number of hydrogen-bond donors (Lipinski definition) is 0. The molecule has 0 spiro atoms. The molecule has 0 bridgehead atoms. The lowest BCUT2D eigenvalue weighted by Gasteiger charge is -2.31. The van der Waals surface area contributed by atoms with E-state index < -0.39 is 35.7 Å². The molecule has 0 fully saturated rings. The maximum atomic E-state index is 13.9. The van der Waals surface area contributed by atoms with E-state index in [0.717, 1.165) is 5.56 Å². The molecule has 2 rings (SSSR count). The van der Waals surface area contributed by atoms with E-state index in [0.29, 0.717) is 0 Å². The number of carbonyl (C=O) groups is 2. The van der Waals surface area contributed by atoms with E-state index in [-0.39, 0.29) is 13.0 Å². The molecular weight excluding hydrogens is 303 g/mol. The summed E-state index contributed by atoms with van der Waals surface area (Å²) >= 11 is 0. The highest BCUT2D eigenvalue weighted by Crippen LogP contribution is 2.34. The molecule has 1 aromatic rings. The molecule has 0 radical (unpaired) electrons. The van der Waals surface area contributed by atoms with Gasteiger partial charge in [-0.05, 0) is 11.6 Å². The zero-order valence-corrected chi connectivity index (χ0v) is 13.0. The Morgan fingerprint density at radius 2 is 1.78 bits per heavy atom. The van der Waals surface area contributed by atoms with Crippen LogP contribution >= 0.6 is 0 Å². The summed E-state index contributed by atoms with van der Waals surface area (Å²) in [6.07, 6.45) is 0.141. The molecule has 0 saturated carbocycles. The van der Waals surface area contributed by atoms with Gasteiger partial charge in [0, 0.05) is 6.42 Å². The fourth-order valence-corrected chi connectivity index (χ4v) is 2.65. The van der Waals surface area contributed by atoms with Gasteiger partial charge in [-0.15, -0.1) is 0 Å². The second-order valence-electron chi connectivity index (χ2n) is 5.26. The van der Waals surface area contributed by atoms with Gasteiger partial charge >= 0.3 is 11.9 Å². The van der Waals surface area contributed by atoms with Gasteiger partial charge in [0.15, 0.2) is 0 Å². The van der Waals surface area contributed by atoms with E-state index in [1.165, 1.54) is 20.3 Å². The Bertz CT molecular complexity index is 584. The molecular formula is C17H19FO5. The quantitative estimate of drug-likeness (QED) is 0.779. The average molecular weight is 322 g/mol. The fraction of sp³-hybridized carbons (Fsp3) is 0.412. The first-order valence-corrected chi connectivity index (χ1v) is 7.24. The zero-order valence-electron chi connectivity index (χ0n) is 13.0. The van der Waals surface area contributed by atoms with Gasteiger partial charge in [0.2, 0.25) is 0 Å². The number of rotatable bonds is 5. The van der Waals surface area contributed by atoms with Crippen LogP contribution < -0.4 is 0 Å². The van der Waals surface area contributed by atoms with Crippen molar-refractivity contribution in [3.8, 4) is 0 Å². The average Bonchev–Trinajstić information content (AvgIpc) is 2.58. The molecule has 1 aliphatic carbocycles. The summed E-state index contributed by atoms with van der Waals surface area (Å²) in [6.45, 7) is 0.191. The van der Waals surface area contributed by atoms with Crippen molar-refractivity contribution in [2.45, 2.75) is 19.1 Å². The van der Waals surface area contributed by atoms with Crippen molar-refractivity contribution in [3.63, 3.8) is 0 Å². The van der Waals surface area contributed by atoms with Gasteiger partial charge < -0.3 is 14.2 Å². The number of halogens is 1. The van der Waals surface area contributed by atoms with E-state index in [1.54, 1.807) is 0 Å². The smallest absolute Gasteiger partial charge is 0.312 e. The van der Waals surface area contributed by atoms with E-state index in [4.69, 9.17) is 9.47 Å². The summed E-state index contributed by atoms with van der Waals surface area (Å²) in [7, 11) is 2.42. The molecule has 1 aliphatic rings. The van der Waals surface area contributed by atoms with Crippen LogP contribution in [0.2, 0.25) is 0 Å². The van der Waals surface area contributed by atoms with Gasteiger partial charge in [-0.1, -0.05) is 30.3 Å². The van der Waals surface area contributed by atoms with Crippen molar-refractivity contribution in [2.24, 2.45) is 11.8 Å². The van der Waals surface area contributed by atoms with Crippen LogP contribution in [0.5, 0.6) is 0 Å². The van der Waals surface area contributed by atoms with Gasteiger partial charge in [0.1, 0.15) is 5.92 Å². The fourth-order valence-electron chi connectivity index (χ4n) is 2.65. The predicted molar refractivity (Wildman–Crippen MR) is 79.8 cm³/mol. The van der Waals surface area contributed by atoms with Crippen LogP contribution in [0.15, 0.2) is 42.2 Å². The second kappa shape index (κ2) is 7.87. The molecule has 0 amide bonds. The molecule has 1 aromatic carbocycles. The highest BCUT2D eigenvalue weighted by molar-refractivity contribution is 5.83. The lowest BCUT2D eigenvalue weighted by molar-refractivity contribution is -0.164. The van der Waals surface area contributed by atoms with Crippen LogP contribution in [0.4, 0.5) is 4.39 Å². The Morgan fingerprint density at radius 1 is 1.13 bits per heavy atom. The van der Waals surface area contributed by atoms with Gasteiger partial charge in [0.05, 0.1) is 38.7 Å². The van der Waals surface area contributed by atoms with Crippen molar-refractivity contribution >= 4 is 11.9 Å². The third-order valence-electron chi connectivity index (χ3n) is 3.81. The molecule has 5 nitrogen and oxygen atoms in total. The number of allylic oxidation sites excluding steroid dienone is 1. The first-order chi connectivity index (χ1) is 11.1. The summed E-state index contributed by atoms with van der Waals surface area (Å²) < 4.78 is 29.0. The van der Waals surface area contributed by atoms with Crippen molar-refractivity contribution in [2.75, 3.05) is 14.2 Å². The van der Waals surface area contributed by atoms with Crippen LogP contribution in [0.1, 0.15) is 12.0 Å². The third-order valence-corrected chi connectivity index (χ3v) is 3.81. The highest BCUT2D eigenvalue weighted by atomic mass is 19.1. The summed E-state index contributed by atoms with van der Waals surface area (Å²) in [4.78, 5) is 23.9. The van der Waals surface area contributed by atoms with Crippen LogP contribution in [0, 0.1) is 11.8 Å². The monoisotopic (exact) mass is 322 g/mol. The molecule has 0 heterocycles. The molecule has 6 heteroatoms. The molecule has 0 aromatic heterocycles. The Kier molecular flexibility index (Phi) is 5.87. The summed E-state index contributed by atoms with van der Waals surface area (Å²) in [5.74, 6) is -3.67. The van der Waals surface area contributed by atoms with Gasteiger partial charge in [-0.3, -0.25) is 9.59 Å². The Morgan fingerprint density at radius 3 is 2.39 bits per heavy atom. The number of hydrogen-bond acceptors (Lipinski definition) is 5. The SMILES string of the molecule is COC(=O)[C@H]1[C@@H](C(=O)OC)CC(F)=C[C@H]1OCc1ccccc1. The van der Waals surface area contributed by atoms with Gasteiger partial charge in [-0.2, -0.15) is 0 Å². The summed E-state index contributed by atoms with van der Waals surface area (Å²) in [6, 6.07) is 9.28. The maximum absolute atomic E-state index is 13.9. The number of methoxy groups -OCH3 is 2. The van der Waals surface area contributed by atoms with E-state index in [2.05, 4.69) is 4.74 Å². The largest absolute Gasteiger partial charge is 0.469 e. The lowest BCUT2D eigenvalue weighted by Crippen LogP contribution is -2.42. The highest BCUT2D eigenvalue weighted by Gasteiger charge is 2.44. The van der Waals surface area contributed by atoms with Crippen LogP contribution in [0.25, 0.3) is 0 Å². The summed E-state index contributed by atoms with van der Waals surface area (Å²) in [5, 5.41) is 0. The van der Waals surface area contributed by atoms with Crippen LogP contribution in [-0.2, 0) is 30.4 Å². The van der Waals surface area contributed by atoms with E-state index >= 15 is 0 Å². The maximum Gasteiger partial charge on any atom is 0.312 e. The molecule has 3 atom stereocenters. The third kappa shape index (κ3) is 4.16. The Hall–Kier alpha value is -2.21. The topological polar surface area (TPSA) is 61.8 Å². The number of carbonyl (C=O) groups excluding carboxylic acids is 2. The van der Waals surface area contributed by atoms with Crippen LogP contribution in [0.3, 0.4) is 0 Å². The zero-order chi connectivity index (χ0) is 16.8. The van der Waals surface area contributed by atoms with Crippen LogP contribution in [-0.4, -0.2) is 32.3 Å². The number of esters is 2. The first-order valence-electron chi connectivity index (χ1n) is 7.24. The van der Waals surface area contributed by atoms with Crippen molar-refractivity contribution in [1.29, 1.82) is 0 Å². The van der Waals surface area contributed by atoms with Crippen molar-refractivity contribution in [1.82, 2.24) is 0 Å². The first kappa shape index (κ1) is 17.1. The molecule has 0 N–H and O–H groups in total. The number of ether oxygens (including phenoxy) is 3.